The second-order valence-corrected chi connectivity index (χ2v) is 8.62. The van der Waals surface area contributed by atoms with Crippen LogP contribution in [-0.2, 0) is 6.42 Å². The third-order valence-corrected chi connectivity index (χ3v) is 6.28. The molecule has 1 fully saturated rings. The van der Waals surface area contributed by atoms with Gasteiger partial charge in [0, 0.05) is 37.4 Å². The van der Waals surface area contributed by atoms with Crippen LogP contribution < -0.4 is 4.90 Å². The van der Waals surface area contributed by atoms with Gasteiger partial charge >= 0.3 is 0 Å². The van der Waals surface area contributed by atoms with Crippen molar-refractivity contribution in [2.45, 2.75) is 32.2 Å². The van der Waals surface area contributed by atoms with Gasteiger partial charge < -0.3 is 9.80 Å². The van der Waals surface area contributed by atoms with Crippen LogP contribution in [0, 0.1) is 0 Å². The fourth-order valence-corrected chi connectivity index (χ4v) is 4.57. The average Bonchev–Trinajstić information content (AvgIpc) is 3.43. The number of likely N-dealkylation sites (tertiary alicyclic amines) is 1. The predicted octanol–water partition coefficient (Wildman–Crippen LogP) is 4.25. The summed E-state index contributed by atoms with van der Waals surface area (Å²) in [6, 6.07) is 7.51. The van der Waals surface area contributed by atoms with Crippen molar-refractivity contribution in [1.82, 2.24) is 24.5 Å². The minimum absolute atomic E-state index is 0.0172. The van der Waals surface area contributed by atoms with Crippen molar-refractivity contribution in [3.63, 3.8) is 0 Å². The van der Waals surface area contributed by atoms with Crippen LogP contribution in [0.25, 0.3) is 11.1 Å². The molecule has 1 aliphatic heterocycles. The molecule has 7 nitrogen and oxygen atoms in total. The van der Waals surface area contributed by atoms with Crippen molar-refractivity contribution in [3.8, 4) is 11.1 Å². The van der Waals surface area contributed by atoms with Gasteiger partial charge in [-0.2, -0.15) is 0 Å². The van der Waals surface area contributed by atoms with E-state index in [4.69, 9.17) is 16.6 Å². The maximum absolute atomic E-state index is 13.4. The molecular weight excluding hydrogens is 420 g/mol. The number of halogens is 1. The number of nitrogens with zero attached hydrogens (tertiary/aromatic N) is 6. The Bertz CT molecular complexity index is 1050. The summed E-state index contributed by atoms with van der Waals surface area (Å²) >= 11 is 7.25. The minimum Gasteiger partial charge on any atom is -0.347 e. The molecule has 0 spiro atoms. The number of hydrogen-bond acceptors (Lipinski definition) is 7. The van der Waals surface area contributed by atoms with Crippen molar-refractivity contribution in [1.29, 1.82) is 0 Å². The van der Waals surface area contributed by atoms with Gasteiger partial charge in [0.25, 0.3) is 5.91 Å². The quantitative estimate of drug-likeness (QED) is 0.587. The van der Waals surface area contributed by atoms with E-state index in [-0.39, 0.29) is 11.9 Å². The monoisotopic (exact) mass is 442 g/mol. The van der Waals surface area contributed by atoms with Crippen LogP contribution in [0.4, 0.5) is 5.95 Å². The van der Waals surface area contributed by atoms with Crippen LogP contribution in [0.1, 0.15) is 46.9 Å². The Balaban J connectivity index is 1.78. The first-order chi connectivity index (χ1) is 14.5. The number of benzene rings is 1. The first kappa shape index (κ1) is 20.7. The molecule has 1 aliphatic rings. The van der Waals surface area contributed by atoms with Crippen LogP contribution in [0.2, 0.25) is 5.02 Å². The fourth-order valence-electron chi connectivity index (χ4n) is 3.73. The van der Waals surface area contributed by atoms with E-state index < -0.39 is 0 Å². The average molecular weight is 443 g/mol. The van der Waals surface area contributed by atoms with Crippen molar-refractivity contribution < 1.29 is 4.79 Å². The summed E-state index contributed by atoms with van der Waals surface area (Å²) in [5.74, 6) is 0.604. The Kier molecular flexibility index (Phi) is 5.97. The highest BCUT2D eigenvalue weighted by atomic mass is 35.5. The zero-order valence-electron chi connectivity index (χ0n) is 17.2. The standard InChI is InChI=1S/C21H23ClN6OS/c1-4-16-19(30-26-25-16)20(29)28-11-5-6-17(28)18-15(12-23-21(24-18)27(2)3)13-7-9-14(22)10-8-13/h7-10,12,17H,4-6,11H2,1-3H3/t17-/m1/s1. The summed E-state index contributed by atoms with van der Waals surface area (Å²) < 4.78 is 3.99. The van der Waals surface area contributed by atoms with E-state index in [2.05, 4.69) is 14.6 Å². The summed E-state index contributed by atoms with van der Waals surface area (Å²) in [4.78, 5) is 27.2. The zero-order valence-corrected chi connectivity index (χ0v) is 18.7. The topological polar surface area (TPSA) is 75.1 Å². The van der Waals surface area contributed by atoms with E-state index in [9.17, 15) is 4.79 Å². The molecule has 4 rings (SSSR count). The number of hydrogen-bond donors (Lipinski definition) is 0. The van der Waals surface area contributed by atoms with Crippen LogP contribution in [0.5, 0.6) is 0 Å². The SMILES string of the molecule is CCc1nnsc1C(=O)N1CCC[C@@H]1c1nc(N(C)C)ncc1-c1ccc(Cl)cc1. The summed E-state index contributed by atoms with van der Waals surface area (Å²) in [6.07, 6.45) is 4.30. The summed E-state index contributed by atoms with van der Waals surface area (Å²) in [5.41, 5.74) is 3.51. The third-order valence-electron chi connectivity index (χ3n) is 5.27. The molecule has 3 heterocycles. The number of aryl methyl sites for hydroxylation is 1. The van der Waals surface area contributed by atoms with Crippen molar-refractivity contribution in [2.75, 3.05) is 25.5 Å². The van der Waals surface area contributed by atoms with E-state index >= 15 is 0 Å². The summed E-state index contributed by atoms with van der Waals surface area (Å²) in [7, 11) is 3.82. The molecule has 0 saturated carbocycles. The molecule has 0 bridgehead atoms. The van der Waals surface area contributed by atoms with Gasteiger partial charge in [0.05, 0.1) is 17.4 Å². The normalized spacial score (nSPS) is 16.1. The molecule has 0 unspecified atom stereocenters. The zero-order chi connectivity index (χ0) is 21.3. The molecule has 156 valence electrons. The maximum atomic E-state index is 13.4. The lowest BCUT2D eigenvalue weighted by Crippen LogP contribution is -2.31. The largest absolute Gasteiger partial charge is 0.347 e. The summed E-state index contributed by atoms with van der Waals surface area (Å²) in [6.45, 7) is 2.67. The molecule has 30 heavy (non-hydrogen) atoms. The van der Waals surface area contributed by atoms with Gasteiger partial charge in [0.15, 0.2) is 0 Å². The molecule has 3 aromatic rings. The molecule has 1 saturated heterocycles. The van der Waals surface area contributed by atoms with E-state index in [1.54, 1.807) is 0 Å². The lowest BCUT2D eigenvalue weighted by Gasteiger charge is -2.26. The Hall–Kier alpha value is -2.58. The van der Waals surface area contributed by atoms with Crippen LogP contribution >= 0.6 is 23.1 Å². The van der Waals surface area contributed by atoms with E-state index in [0.29, 0.717) is 28.8 Å². The van der Waals surface area contributed by atoms with Gasteiger partial charge in [-0.15, -0.1) is 5.10 Å². The number of anilines is 1. The molecule has 1 amide bonds. The highest BCUT2D eigenvalue weighted by Crippen LogP contribution is 2.38. The van der Waals surface area contributed by atoms with E-state index in [0.717, 1.165) is 35.4 Å². The highest BCUT2D eigenvalue weighted by molar-refractivity contribution is 7.08. The number of carbonyl (C=O) groups is 1. The molecule has 1 atom stereocenters. The molecular formula is C21H23ClN6OS. The molecule has 2 aromatic heterocycles. The first-order valence-electron chi connectivity index (χ1n) is 9.92. The predicted molar refractivity (Wildman–Crippen MR) is 119 cm³/mol. The third kappa shape index (κ3) is 3.89. The lowest BCUT2D eigenvalue weighted by atomic mass is 9.99. The highest BCUT2D eigenvalue weighted by Gasteiger charge is 2.35. The Morgan fingerprint density at radius 1 is 1.30 bits per heavy atom. The Morgan fingerprint density at radius 2 is 2.07 bits per heavy atom. The smallest absolute Gasteiger partial charge is 0.268 e. The fraction of sp³-hybridized carbons (Fsp3) is 0.381. The molecule has 9 heteroatoms. The minimum atomic E-state index is -0.128. The van der Waals surface area contributed by atoms with Crippen LogP contribution in [0.3, 0.4) is 0 Å². The van der Waals surface area contributed by atoms with Gasteiger partial charge in [0.1, 0.15) is 4.88 Å². The van der Waals surface area contributed by atoms with Gasteiger partial charge in [0.2, 0.25) is 5.95 Å². The molecule has 0 N–H and O–H groups in total. The van der Waals surface area contributed by atoms with Gasteiger partial charge in [-0.3, -0.25) is 4.79 Å². The van der Waals surface area contributed by atoms with Crippen molar-refractivity contribution in [2.24, 2.45) is 0 Å². The van der Waals surface area contributed by atoms with Gasteiger partial charge in [-0.1, -0.05) is 35.1 Å². The second kappa shape index (κ2) is 8.65. The first-order valence-corrected chi connectivity index (χ1v) is 11.1. The van der Waals surface area contributed by atoms with Crippen molar-refractivity contribution in [3.05, 3.63) is 51.7 Å². The Morgan fingerprint density at radius 3 is 2.77 bits per heavy atom. The van der Waals surface area contributed by atoms with E-state index in [1.165, 1.54) is 11.5 Å². The molecule has 0 aliphatic carbocycles. The maximum Gasteiger partial charge on any atom is 0.268 e. The lowest BCUT2D eigenvalue weighted by molar-refractivity contribution is 0.0737. The van der Waals surface area contributed by atoms with Gasteiger partial charge in [-0.05, 0) is 48.5 Å². The number of amides is 1. The molecule has 0 radical (unpaired) electrons. The summed E-state index contributed by atoms with van der Waals surface area (Å²) in [5, 5.41) is 4.79. The van der Waals surface area contributed by atoms with E-state index in [1.807, 2.05) is 61.3 Å². The second-order valence-electron chi connectivity index (χ2n) is 7.43. The number of rotatable bonds is 5. The van der Waals surface area contributed by atoms with Crippen LogP contribution in [-0.4, -0.2) is 51.0 Å². The number of aromatic nitrogens is 4. The molecule has 1 aromatic carbocycles. The van der Waals surface area contributed by atoms with Crippen molar-refractivity contribution >= 4 is 35.0 Å². The van der Waals surface area contributed by atoms with Crippen LogP contribution in [0.15, 0.2) is 30.5 Å². The van der Waals surface area contributed by atoms with Gasteiger partial charge in [-0.25, -0.2) is 9.97 Å². The number of carbonyl (C=O) groups excluding carboxylic acids is 1. The Labute approximate surface area is 184 Å².